The van der Waals surface area contributed by atoms with Crippen LogP contribution < -0.4 is 0 Å². The molecule has 0 N–H and O–H groups in total. The van der Waals surface area contributed by atoms with Gasteiger partial charge >= 0.3 is 0 Å². The van der Waals surface area contributed by atoms with E-state index in [1.807, 2.05) is 12.1 Å². The maximum atomic E-state index is 5.27. The molecule has 0 saturated heterocycles. The average molecular weight is 765 g/mol. The van der Waals surface area contributed by atoms with E-state index in [0.29, 0.717) is 5.82 Å². The largest absolute Gasteiger partial charge is 0.228 e. The van der Waals surface area contributed by atoms with Crippen molar-refractivity contribution in [2.75, 3.05) is 0 Å². The molecule has 1 aromatic heterocycles. The van der Waals surface area contributed by atoms with Crippen molar-refractivity contribution in [3.63, 3.8) is 0 Å². The summed E-state index contributed by atoms with van der Waals surface area (Å²) in [6.07, 6.45) is 0. The maximum absolute atomic E-state index is 5.27. The molecule has 0 radical (unpaired) electrons. The van der Waals surface area contributed by atoms with Gasteiger partial charge in [0.25, 0.3) is 0 Å². The molecule has 2 heteroatoms. The number of fused-ring (bicyclic) bond motifs is 4. The zero-order chi connectivity index (χ0) is 40.0. The lowest BCUT2D eigenvalue weighted by Gasteiger charge is -2.28. The Kier molecular flexibility index (Phi) is 8.64. The van der Waals surface area contributed by atoms with Gasteiger partial charge in [-0.25, -0.2) is 9.97 Å². The van der Waals surface area contributed by atoms with Gasteiger partial charge in [0.2, 0.25) is 0 Å². The van der Waals surface area contributed by atoms with Crippen LogP contribution in [0.25, 0.3) is 89.2 Å². The molecule has 10 aromatic rings. The molecule has 9 aromatic carbocycles. The molecule has 1 aliphatic rings. The highest BCUT2D eigenvalue weighted by atomic mass is 14.9. The van der Waals surface area contributed by atoms with Crippen molar-refractivity contribution in [1.82, 2.24) is 9.97 Å². The molecule has 1 atom stereocenters. The van der Waals surface area contributed by atoms with Crippen LogP contribution in [0.2, 0.25) is 0 Å². The van der Waals surface area contributed by atoms with Crippen LogP contribution in [-0.2, 0) is 5.41 Å². The fourth-order valence-electron chi connectivity index (χ4n) is 9.31. The summed E-state index contributed by atoms with van der Waals surface area (Å²) in [7, 11) is 0. The SMILES string of the molecule is CC1(c2ccccc2)c2ccccc2-c2ccc(-c3cccc(-c4ccc(-c5cc(-c6ccccc6)nc(-c6ccc(-c7ccccc7)cc6)n5)c5ccccc45)c3)cc21. The zero-order valence-corrected chi connectivity index (χ0v) is 33.3. The van der Waals surface area contributed by atoms with Crippen LogP contribution in [0, 0.1) is 0 Å². The molecule has 2 nitrogen and oxygen atoms in total. The van der Waals surface area contributed by atoms with E-state index in [2.05, 4.69) is 219 Å². The van der Waals surface area contributed by atoms with Gasteiger partial charge < -0.3 is 0 Å². The Labute approximate surface area is 351 Å². The summed E-state index contributed by atoms with van der Waals surface area (Å²) < 4.78 is 0. The third-order valence-electron chi connectivity index (χ3n) is 12.4. The predicted octanol–water partition coefficient (Wildman–Crippen LogP) is 15.0. The van der Waals surface area contributed by atoms with Crippen LogP contribution in [0.1, 0.15) is 23.6 Å². The maximum Gasteiger partial charge on any atom is 0.160 e. The second-order valence-corrected chi connectivity index (χ2v) is 15.9. The summed E-state index contributed by atoms with van der Waals surface area (Å²) in [6.45, 7) is 2.38. The highest BCUT2D eigenvalue weighted by molar-refractivity contribution is 6.05. The van der Waals surface area contributed by atoms with E-state index in [9.17, 15) is 0 Å². The van der Waals surface area contributed by atoms with E-state index in [1.165, 1.54) is 61.0 Å². The van der Waals surface area contributed by atoms with Crippen molar-refractivity contribution >= 4 is 10.8 Å². The summed E-state index contributed by atoms with van der Waals surface area (Å²) in [4.78, 5) is 10.4. The van der Waals surface area contributed by atoms with E-state index < -0.39 is 0 Å². The van der Waals surface area contributed by atoms with Gasteiger partial charge in [0.15, 0.2) is 5.82 Å². The Morgan fingerprint density at radius 2 is 0.800 bits per heavy atom. The third kappa shape index (κ3) is 6.04. The molecular weight excluding hydrogens is 725 g/mol. The summed E-state index contributed by atoms with van der Waals surface area (Å²) >= 11 is 0. The van der Waals surface area contributed by atoms with Gasteiger partial charge in [0.05, 0.1) is 11.4 Å². The Morgan fingerprint density at radius 3 is 1.57 bits per heavy atom. The van der Waals surface area contributed by atoms with Crippen LogP contribution in [-0.4, -0.2) is 9.97 Å². The molecule has 0 amide bonds. The highest BCUT2D eigenvalue weighted by Crippen LogP contribution is 2.53. The zero-order valence-electron chi connectivity index (χ0n) is 33.3. The number of hydrogen-bond donors (Lipinski definition) is 0. The van der Waals surface area contributed by atoms with Crippen molar-refractivity contribution in [2.45, 2.75) is 12.3 Å². The highest BCUT2D eigenvalue weighted by Gasteiger charge is 2.40. The second kappa shape index (κ2) is 14.6. The first-order valence-electron chi connectivity index (χ1n) is 20.6. The molecular formula is C58H40N2. The first-order chi connectivity index (χ1) is 29.6. The van der Waals surface area contributed by atoms with Crippen molar-refractivity contribution in [1.29, 1.82) is 0 Å². The standard InChI is InChI=1S/C58H40N2/c1-58(46-22-9-4-10-23-46)53-27-14-13-26-50(53)51-33-32-44(37-54(51)58)43-20-15-21-45(36-43)47-34-35-52(49-25-12-11-24-48(47)49)56-38-55(41-18-7-3-8-19-41)59-57(60-56)42-30-28-40(29-31-42)39-16-5-2-6-17-39/h2-38H,1H3. The fraction of sp³-hybridized carbons (Fsp3) is 0.0345. The van der Waals surface area contributed by atoms with E-state index in [4.69, 9.17) is 9.97 Å². The van der Waals surface area contributed by atoms with Gasteiger partial charge in [-0.3, -0.25) is 0 Å². The van der Waals surface area contributed by atoms with Gasteiger partial charge in [-0.1, -0.05) is 206 Å². The van der Waals surface area contributed by atoms with Crippen LogP contribution in [0.4, 0.5) is 0 Å². The third-order valence-corrected chi connectivity index (χ3v) is 12.4. The minimum atomic E-state index is -0.250. The summed E-state index contributed by atoms with van der Waals surface area (Å²) in [6, 6.07) is 80.7. The quantitative estimate of drug-likeness (QED) is 0.162. The first kappa shape index (κ1) is 35.5. The number of nitrogens with zero attached hydrogens (tertiary/aromatic N) is 2. The van der Waals surface area contributed by atoms with Gasteiger partial charge in [0, 0.05) is 22.1 Å². The van der Waals surface area contributed by atoms with Crippen LogP contribution >= 0.6 is 0 Å². The minimum absolute atomic E-state index is 0.250. The number of rotatable bonds is 7. The Hall–Kier alpha value is -7.68. The van der Waals surface area contributed by atoms with Crippen LogP contribution in [0.3, 0.4) is 0 Å². The smallest absolute Gasteiger partial charge is 0.160 e. The van der Waals surface area contributed by atoms with Gasteiger partial charge in [-0.05, 0) is 97.1 Å². The van der Waals surface area contributed by atoms with Crippen molar-refractivity contribution in [3.8, 4) is 78.4 Å². The number of aromatic nitrogens is 2. The molecule has 0 bridgehead atoms. The van der Waals surface area contributed by atoms with Crippen LogP contribution in [0.5, 0.6) is 0 Å². The normalized spacial score (nSPS) is 14.2. The first-order valence-corrected chi connectivity index (χ1v) is 20.6. The molecule has 11 rings (SSSR count). The summed E-state index contributed by atoms with van der Waals surface area (Å²) in [5.74, 6) is 0.702. The molecule has 1 heterocycles. The van der Waals surface area contributed by atoms with Crippen LogP contribution in [0.15, 0.2) is 224 Å². The van der Waals surface area contributed by atoms with E-state index in [-0.39, 0.29) is 5.41 Å². The molecule has 282 valence electrons. The molecule has 1 unspecified atom stereocenters. The summed E-state index contributed by atoms with van der Waals surface area (Å²) in [5, 5.41) is 2.33. The topological polar surface area (TPSA) is 25.8 Å². The van der Waals surface area contributed by atoms with Gasteiger partial charge in [0.1, 0.15) is 0 Å². The molecule has 1 aliphatic carbocycles. The minimum Gasteiger partial charge on any atom is -0.228 e. The van der Waals surface area contributed by atoms with Crippen molar-refractivity contribution in [2.24, 2.45) is 0 Å². The molecule has 0 saturated carbocycles. The lowest BCUT2D eigenvalue weighted by Crippen LogP contribution is -2.22. The molecule has 0 aliphatic heterocycles. The fourth-order valence-corrected chi connectivity index (χ4v) is 9.31. The molecule has 60 heavy (non-hydrogen) atoms. The van der Waals surface area contributed by atoms with Gasteiger partial charge in [-0.2, -0.15) is 0 Å². The Morgan fingerprint density at radius 1 is 0.300 bits per heavy atom. The summed E-state index contributed by atoms with van der Waals surface area (Å²) in [5.41, 5.74) is 18.4. The lowest BCUT2D eigenvalue weighted by atomic mass is 9.74. The van der Waals surface area contributed by atoms with E-state index in [0.717, 1.165) is 39.0 Å². The Balaban J connectivity index is 1.00. The van der Waals surface area contributed by atoms with Crippen molar-refractivity contribution < 1.29 is 0 Å². The number of benzene rings is 9. The average Bonchev–Trinajstić information content (AvgIpc) is 3.59. The molecule has 0 spiro atoms. The van der Waals surface area contributed by atoms with Gasteiger partial charge in [-0.15, -0.1) is 0 Å². The van der Waals surface area contributed by atoms with E-state index in [1.54, 1.807) is 0 Å². The van der Waals surface area contributed by atoms with Crippen molar-refractivity contribution in [3.05, 3.63) is 241 Å². The predicted molar refractivity (Wildman–Crippen MR) is 250 cm³/mol. The van der Waals surface area contributed by atoms with E-state index >= 15 is 0 Å². The monoisotopic (exact) mass is 764 g/mol. The number of hydrogen-bond acceptors (Lipinski definition) is 2. The lowest BCUT2D eigenvalue weighted by molar-refractivity contribution is 0.714. The molecule has 0 fully saturated rings. The Bertz CT molecular complexity index is 3190. The second-order valence-electron chi connectivity index (χ2n) is 15.9.